The normalized spacial score (nSPS) is 19.4. The minimum atomic E-state index is -3.13. The first-order valence-corrected chi connectivity index (χ1v) is 9.35. The number of carbonyl (C=O) groups is 1. The number of hydrogen-bond donors (Lipinski definition) is 1. The van der Waals surface area contributed by atoms with Crippen LogP contribution in [-0.2, 0) is 9.84 Å². The van der Waals surface area contributed by atoms with Crippen molar-refractivity contribution in [2.45, 2.75) is 24.7 Å². The van der Waals surface area contributed by atoms with Crippen LogP contribution in [0.3, 0.4) is 0 Å². The van der Waals surface area contributed by atoms with Crippen LogP contribution in [-0.4, -0.2) is 56.6 Å². The van der Waals surface area contributed by atoms with E-state index in [1.54, 1.807) is 19.1 Å². The van der Waals surface area contributed by atoms with Crippen LogP contribution in [0, 0.1) is 5.82 Å². The number of sulfone groups is 1. The predicted octanol–water partition coefficient (Wildman–Crippen LogP) is 1.42. The standard InChI is InChI=1S/C15H21FN2O4S/c1-11(22-14-6-4-3-5-13(14)16)9-17-15(19)18-8-7-12(10-18)23(2,20)21/h3-6,11-12H,7-10H2,1-2H3,(H,17,19)/t11-,12-/m0/s1. The van der Waals surface area contributed by atoms with E-state index in [4.69, 9.17) is 4.74 Å². The second-order valence-corrected chi connectivity index (χ2v) is 8.06. The van der Waals surface area contributed by atoms with E-state index in [0.717, 1.165) is 0 Å². The number of para-hydroxylation sites is 1. The van der Waals surface area contributed by atoms with Crippen molar-refractivity contribution < 1.29 is 22.3 Å². The van der Waals surface area contributed by atoms with E-state index in [-0.39, 0.29) is 24.9 Å². The number of halogens is 1. The van der Waals surface area contributed by atoms with Crippen molar-refractivity contribution in [3.8, 4) is 5.75 Å². The lowest BCUT2D eigenvalue weighted by Gasteiger charge is -2.20. The maximum atomic E-state index is 13.5. The summed E-state index contributed by atoms with van der Waals surface area (Å²) in [7, 11) is -3.13. The molecule has 2 amide bonds. The topological polar surface area (TPSA) is 75.7 Å². The molecular formula is C15H21FN2O4S. The SMILES string of the molecule is C[C@@H](CNC(=O)N1CC[C@H](S(C)(=O)=O)C1)Oc1ccccc1F. The Morgan fingerprint density at radius 1 is 1.48 bits per heavy atom. The highest BCUT2D eigenvalue weighted by Gasteiger charge is 2.32. The van der Waals surface area contributed by atoms with Gasteiger partial charge in [-0.2, -0.15) is 0 Å². The predicted molar refractivity (Wildman–Crippen MR) is 84.7 cm³/mol. The second-order valence-electron chi connectivity index (χ2n) is 5.73. The molecule has 128 valence electrons. The molecule has 8 heteroatoms. The molecule has 1 aromatic carbocycles. The first-order chi connectivity index (χ1) is 10.8. The molecule has 1 fully saturated rings. The fourth-order valence-corrected chi connectivity index (χ4v) is 3.39. The summed E-state index contributed by atoms with van der Waals surface area (Å²) in [5, 5.41) is 2.18. The summed E-state index contributed by atoms with van der Waals surface area (Å²) in [6, 6.07) is 5.72. The monoisotopic (exact) mass is 344 g/mol. The second kappa shape index (κ2) is 7.16. The molecule has 2 rings (SSSR count). The number of amides is 2. The van der Waals surface area contributed by atoms with Gasteiger partial charge < -0.3 is 15.0 Å². The minimum Gasteiger partial charge on any atom is -0.486 e. The van der Waals surface area contributed by atoms with Crippen LogP contribution in [0.15, 0.2) is 24.3 Å². The molecule has 1 saturated heterocycles. The Balaban J connectivity index is 1.80. The molecule has 0 aromatic heterocycles. The number of ether oxygens (including phenoxy) is 1. The number of urea groups is 1. The number of nitrogens with zero attached hydrogens (tertiary/aromatic N) is 1. The zero-order valence-corrected chi connectivity index (χ0v) is 14.0. The number of rotatable bonds is 5. The van der Waals surface area contributed by atoms with Crippen LogP contribution in [0.5, 0.6) is 5.75 Å². The highest BCUT2D eigenvalue weighted by Crippen LogP contribution is 2.17. The van der Waals surface area contributed by atoms with Crippen LogP contribution in [0.2, 0.25) is 0 Å². The van der Waals surface area contributed by atoms with Gasteiger partial charge in [-0.25, -0.2) is 17.6 Å². The average Bonchev–Trinajstić information content (AvgIpc) is 2.97. The number of nitrogens with one attached hydrogen (secondary N) is 1. The Kier molecular flexibility index (Phi) is 5.46. The van der Waals surface area contributed by atoms with E-state index in [1.165, 1.54) is 23.3 Å². The first-order valence-electron chi connectivity index (χ1n) is 7.40. The van der Waals surface area contributed by atoms with Crippen molar-refractivity contribution in [1.82, 2.24) is 10.2 Å². The third-order valence-corrected chi connectivity index (χ3v) is 5.34. The molecule has 0 unspecified atom stereocenters. The van der Waals surface area contributed by atoms with E-state index in [9.17, 15) is 17.6 Å². The van der Waals surface area contributed by atoms with E-state index in [0.29, 0.717) is 13.0 Å². The molecule has 0 aliphatic carbocycles. The van der Waals surface area contributed by atoms with Gasteiger partial charge in [-0.05, 0) is 25.5 Å². The Morgan fingerprint density at radius 3 is 2.78 bits per heavy atom. The Labute approximate surface area is 135 Å². The smallest absolute Gasteiger partial charge is 0.317 e. The Bertz CT molecular complexity index is 665. The van der Waals surface area contributed by atoms with Gasteiger partial charge in [0.2, 0.25) is 0 Å². The van der Waals surface area contributed by atoms with Gasteiger partial charge in [-0.1, -0.05) is 12.1 Å². The summed E-state index contributed by atoms with van der Waals surface area (Å²) >= 11 is 0. The summed E-state index contributed by atoms with van der Waals surface area (Å²) in [6.45, 7) is 2.53. The van der Waals surface area contributed by atoms with Crippen molar-refractivity contribution in [1.29, 1.82) is 0 Å². The molecule has 0 bridgehead atoms. The van der Waals surface area contributed by atoms with Gasteiger partial charge in [0.1, 0.15) is 6.10 Å². The average molecular weight is 344 g/mol. The van der Waals surface area contributed by atoms with Gasteiger partial charge in [0.05, 0.1) is 11.8 Å². The molecule has 0 radical (unpaired) electrons. The zero-order valence-electron chi connectivity index (χ0n) is 13.2. The Hall–Kier alpha value is -1.83. The molecule has 1 aliphatic rings. The van der Waals surface area contributed by atoms with Crippen molar-refractivity contribution in [3.05, 3.63) is 30.1 Å². The molecule has 0 saturated carbocycles. The van der Waals surface area contributed by atoms with Gasteiger partial charge >= 0.3 is 6.03 Å². The number of likely N-dealkylation sites (tertiary alicyclic amines) is 1. The maximum absolute atomic E-state index is 13.5. The van der Waals surface area contributed by atoms with Crippen molar-refractivity contribution >= 4 is 15.9 Å². The zero-order chi connectivity index (χ0) is 17.0. The largest absolute Gasteiger partial charge is 0.486 e. The van der Waals surface area contributed by atoms with Crippen molar-refractivity contribution in [3.63, 3.8) is 0 Å². The summed E-state index contributed by atoms with van der Waals surface area (Å²) in [6.07, 6.45) is 1.22. The molecule has 1 aliphatic heterocycles. The van der Waals surface area contributed by atoms with E-state index < -0.39 is 27.0 Å². The van der Waals surface area contributed by atoms with Gasteiger partial charge in [0.15, 0.2) is 21.4 Å². The lowest BCUT2D eigenvalue weighted by Crippen LogP contribution is -2.43. The van der Waals surface area contributed by atoms with Gasteiger partial charge in [-0.3, -0.25) is 0 Å². The fraction of sp³-hybridized carbons (Fsp3) is 0.533. The molecule has 1 aromatic rings. The third-order valence-electron chi connectivity index (χ3n) is 3.74. The van der Waals surface area contributed by atoms with Gasteiger partial charge in [-0.15, -0.1) is 0 Å². The van der Waals surface area contributed by atoms with Gasteiger partial charge in [0.25, 0.3) is 0 Å². The quantitative estimate of drug-likeness (QED) is 0.877. The van der Waals surface area contributed by atoms with Gasteiger partial charge in [0, 0.05) is 19.3 Å². The number of benzene rings is 1. The van der Waals surface area contributed by atoms with Crippen LogP contribution in [0.1, 0.15) is 13.3 Å². The maximum Gasteiger partial charge on any atom is 0.317 e. The highest BCUT2D eigenvalue weighted by atomic mass is 32.2. The molecule has 2 atom stereocenters. The van der Waals surface area contributed by atoms with Crippen LogP contribution in [0.25, 0.3) is 0 Å². The Morgan fingerprint density at radius 2 is 2.17 bits per heavy atom. The van der Waals surface area contributed by atoms with E-state index in [1.807, 2.05) is 0 Å². The van der Waals surface area contributed by atoms with E-state index >= 15 is 0 Å². The van der Waals surface area contributed by atoms with Crippen LogP contribution < -0.4 is 10.1 Å². The number of hydrogen-bond acceptors (Lipinski definition) is 4. The molecule has 1 N–H and O–H groups in total. The van der Waals surface area contributed by atoms with E-state index in [2.05, 4.69) is 5.32 Å². The third kappa shape index (κ3) is 4.82. The summed E-state index contributed by atoms with van der Waals surface area (Å²) in [5.74, 6) is -0.325. The summed E-state index contributed by atoms with van der Waals surface area (Å²) in [5.41, 5.74) is 0. The molecule has 23 heavy (non-hydrogen) atoms. The lowest BCUT2D eigenvalue weighted by atomic mass is 10.3. The summed E-state index contributed by atoms with van der Waals surface area (Å²) < 4.78 is 41.9. The minimum absolute atomic E-state index is 0.132. The fourth-order valence-electron chi connectivity index (χ4n) is 2.40. The lowest BCUT2D eigenvalue weighted by molar-refractivity contribution is 0.186. The van der Waals surface area contributed by atoms with Crippen molar-refractivity contribution in [2.24, 2.45) is 0 Å². The van der Waals surface area contributed by atoms with Crippen molar-refractivity contribution in [2.75, 3.05) is 25.9 Å². The molecule has 0 spiro atoms. The summed E-state index contributed by atoms with van der Waals surface area (Å²) in [4.78, 5) is 13.5. The van der Waals surface area contributed by atoms with Crippen LogP contribution in [0.4, 0.5) is 9.18 Å². The number of carbonyl (C=O) groups excluding carboxylic acids is 1. The molecular weight excluding hydrogens is 323 g/mol. The van der Waals surface area contributed by atoms with Crippen LogP contribution >= 0.6 is 0 Å². The molecule has 1 heterocycles. The highest BCUT2D eigenvalue weighted by molar-refractivity contribution is 7.91. The molecule has 6 nitrogen and oxygen atoms in total. The first kappa shape index (κ1) is 17.5.